The molecule has 172 valence electrons. The van der Waals surface area contributed by atoms with Gasteiger partial charge in [0.2, 0.25) is 0 Å². The number of benzene rings is 2. The fourth-order valence-corrected chi connectivity index (χ4v) is 4.72. The molecule has 33 heavy (non-hydrogen) atoms. The van der Waals surface area contributed by atoms with Crippen LogP contribution in [0, 0.1) is 0 Å². The van der Waals surface area contributed by atoms with Crippen LogP contribution in [0.2, 0.25) is 0 Å². The average Bonchev–Trinajstić information content (AvgIpc) is 3.38. The van der Waals surface area contributed by atoms with E-state index < -0.39 is 0 Å². The first kappa shape index (κ1) is 21.3. The monoisotopic (exact) mass is 447 g/mol. The van der Waals surface area contributed by atoms with E-state index in [0.717, 1.165) is 47.9 Å². The SMILES string of the molecule is COc1cc2nn(C)cc2cc1NC(=O)c1ccc(N(C)C2CCNCC2)c2cn(C)nc12. The molecule has 3 heterocycles. The number of piperidine rings is 1. The third-order valence-corrected chi connectivity index (χ3v) is 6.44. The molecule has 0 saturated carbocycles. The highest BCUT2D eigenvalue weighted by Crippen LogP contribution is 2.33. The Bertz CT molecular complexity index is 1330. The average molecular weight is 448 g/mol. The zero-order chi connectivity index (χ0) is 23.1. The highest BCUT2D eigenvalue weighted by Gasteiger charge is 2.23. The third-order valence-electron chi connectivity index (χ3n) is 6.44. The van der Waals surface area contributed by atoms with E-state index in [4.69, 9.17) is 4.74 Å². The second-order valence-electron chi connectivity index (χ2n) is 8.66. The van der Waals surface area contributed by atoms with Crippen LogP contribution in [0.1, 0.15) is 23.2 Å². The zero-order valence-corrected chi connectivity index (χ0v) is 19.4. The maximum Gasteiger partial charge on any atom is 0.258 e. The van der Waals surface area contributed by atoms with Gasteiger partial charge in [-0.25, -0.2) is 0 Å². The van der Waals surface area contributed by atoms with Gasteiger partial charge in [0.25, 0.3) is 5.91 Å². The van der Waals surface area contributed by atoms with Crippen molar-refractivity contribution in [2.45, 2.75) is 18.9 Å². The molecule has 1 saturated heterocycles. The topological polar surface area (TPSA) is 89.2 Å². The van der Waals surface area contributed by atoms with Crippen molar-refractivity contribution in [2.24, 2.45) is 14.1 Å². The lowest BCUT2D eigenvalue weighted by Crippen LogP contribution is -2.41. The molecule has 0 spiro atoms. The number of carbonyl (C=O) groups is 1. The number of aromatic nitrogens is 4. The highest BCUT2D eigenvalue weighted by atomic mass is 16.5. The van der Waals surface area contributed by atoms with Crippen LogP contribution >= 0.6 is 0 Å². The molecule has 9 nitrogen and oxygen atoms in total. The van der Waals surface area contributed by atoms with Gasteiger partial charge in [0.1, 0.15) is 11.3 Å². The van der Waals surface area contributed by atoms with Crippen LogP contribution in [0.25, 0.3) is 21.8 Å². The minimum Gasteiger partial charge on any atom is -0.494 e. The van der Waals surface area contributed by atoms with Crippen LogP contribution < -0.4 is 20.3 Å². The second-order valence-corrected chi connectivity index (χ2v) is 8.66. The number of methoxy groups -OCH3 is 1. The van der Waals surface area contributed by atoms with Crippen LogP contribution in [-0.2, 0) is 14.1 Å². The van der Waals surface area contributed by atoms with Gasteiger partial charge in [0, 0.05) is 62.1 Å². The van der Waals surface area contributed by atoms with E-state index in [1.165, 1.54) is 0 Å². The molecule has 0 radical (unpaired) electrons. The quantitative estimate of drug-likeness (QED) is 0.489. The predicted octanol–water partition coefficient (Wildman–Crippen LogP) is 2.91. The van der Waals surface area contributed by atoms with Crippen LogP contribution in [0.5, 0.6) is 5.75 Å². The van der Waals surface area contributed by atoms with Crippen LogP contribution in [0.3, 0.4) is 0 Å². The van der Waals surface area contributed by atoms with E-state index in [9.17, 15) is 4.79 Å². The Hall–Kier alpha value is -3.59. The summed E-state index contributed by atoms with van der Waals surface area (Å²) in [5, 5.41) is 17.4. The number of hydrogen-bond acceptors (Lipinski definition) is 6. The number of anilines is 2. The number of carbonyl (C=O) groups excluding carboxylic acids is 1. The van der Waals surface area contributed by atoms with Gasteiger partial charge in [-0.1, -0.05) is 0 Å². The Kier molecular flexibility index (Phi) is 5.41. The predicted molar refractivity (Wildman–Crippen MR) is 130 cm³/mol. The molecule has 1 amide bonds. The van der Waals surface area contributed by atoms with E-state index >= 15 is 0 Å². The summed E-state index contributed by atoms with van der Waals surface area (Å²) in [6.45, 7) is 2.05. The van der Waals surface area contributed by atoms with Crippen molar-refractivity contribution in [3.05, 3.63) is 42.2 Å². The highest BCUT2D eigenvalue weighted by molar-refractivity contribution is 6.14. The summed E-state index contributed by atoms with van der Waals surface area (Å²) in [4.78, 5) is 15.7. The third kappa shape index (κ3) is 3.89. The van der Waals surface area contributed by atoms with Crippen molar-refractivity contribution in [1.82, 2.24) is 24.9 Å². The Balaban J connectivity index is 1.50. The van der Waals surface area contributed by atoms with Crippen molar-refractivity contribution in [3.8, 4) is 5.75 Å². The summed E-state index contributed by atoms with van der Waals surface area (Å²) >= 11 is 0. The molecule has 0 unspecified atom stereocenters. The molecule has 0 aliphatic carbocycles. The molecule has 0 atom stereocenters. The summed E-state index contributed by atoms with van der Waals surface area (Å²) in [5.74, 6) is 0.338. The largest absolute Gasteiger partial charge is 0.494 e. The van der Waals surface area contributed by atoms with E-state index in [1.807, 2.05) is 50.8 Å². The lowest BCUT2D eigenvalue weighted by atomic mass is 10.0. The molecular weight excluding hydrogens is 418 g/mol. The van der Waals surface area contributed by atoms with Gasteiger partial charge >= 0.3 is 0 Å². The van der Waals surface area contributed by atoms with E-state index in [2.05, 4.69) is 32.8 Å². The number of hydrogen-bond donors (Lipinski definition) is 2. The van der Waals surface area contributed by atoms with Crippen LogP contribution in [0.15, 0.2) is 36.7 Å². The minimum atomic E-state index is -0.226. The molecule has 1 aliphatic heterocycles. The Labute approximate surface area is 192 Å². The van der Waals surface area contributed by atoms with E-state index in [0.29, 0.717) is 28.6 Å². The number of nitrogens with one attached hydrogen (secondary N) is 2. The Morgan fingerprint density at radius 3 is 2.67 bits per heavy atom. The maximum atomic E-state index is 13.4. The summed E-state index contributed by atoms with van der Waals surface area (Å²) in [6, 6.07) is 8.08. The summed E-state index contributed by atoms with van der Waals surface area (Å²) < 4.78 is 9.02. The molecule has 1 fully saturated rings. The lowest BCUT2D eigenvalue weighted by Gasteiger charge is -2.33. The van der Waals surface area contributed by atoms with E-state index in [-0.39, 0.29) is 5.91 Å². The smallest absolute Gasteiger partial charge is 0.258 e. The normalized spacial score (nSPS) is 14.7. The molecule has 0 bridgehead atoms. The van der Waals surface area contributed by atoms with Crippen molar-refractivity contribution >= 4 is 39.1 Å². The fraction of sp³-hybridized carbons (Fsp3) is 0.375. The van der Waals surface area contributed by atoms with Crippen LogP contribution in [-0.4, -0.2) is 58.8 Å². The van der Waals surface area contributed by atoms with Crippen molar-refractivity contribution < 1.29 is 9.53 Å². The Morgan fingerprint density at radius 2 is 1.91 bits per heavy atom. The van der Waals surface area contributed by atoms with E-state index in [1.54, 1.807) is 16.5 Å². The first-order valence-electron chi connectivity index (χ1n) is 11.2. The maximum absolute atomic E-state index is 13.4. The number of fused-ring (bicyclic) bond motifs is 2. The number of amides is 1. The minimum absolute atomic E-state index is 0.226. The number of rotatable bonds is 5. The first-order valence-corrected chi connectivity index (χ1v) is 11.2. The standard InChI is InChI=1S/C24H29N7O2/c1-29-13-15-11-20(22(33-4)12-19(15)27-29)26-24(32)17-5-6-21(18-14-30(2)28-23(17)18)31(3)16-7-9-25-10-8-16/h5-6,11-14,16,25H,7-10H2,1-4H3,(H,26,32). The van der Waals surface area contributed by atoms with Crippen molar-refractivity contribution in [2.75, 3.05) is 37.5 Å². The molecule has 4 aromatic rings. The number of nitrogens with zero attached hydrogens (tertiary/aromatic N) is 5. The van der Waals surface area contributed by atoms with Gasteiger partial charge in [-0.3, -0.25) is 14.2 Å². The summed E-state index contributed by atoms with van der Waals surface area (Å²) in [5.41, 5.74) is 3.72. The first-order chi connectivity index (χ1) is 15.9. The number of aryl methyl sites for hydroxylation is 2. The zero-order valence-electron chi connectivity index (χ0n) is 19.4. The Morgan fingerprint density at radius 1 is 1.15 bits per heavy atom. The number of ether oxygens (including phenoxy) is 1. The molecule has 1 aliphatic rings. The van der Waals surface area contributed by atoms with Gasteiger partial charge in [-0.15, -0.1) is 0 Å². The van der Waals surface area contributed by atoms with Gasteiger partial charge < -0.3 is 20.3 Å². The molecule has 2 N–H and O–H groups in total. The summed E-state index contributed by atoms with van der Waals surface area (Å²) in [6.07, 6.45) is 6.09. The van der Waals surface area contributed by atoms with Crippen LogP contribution in [0.4, 0.5) is 11.4 Å². The fourth-order valence-electron chi connectivity index (χ4n) is 4.72. The summed E-state index contributed by atoms with van der Waals surface area (Å²) in [7, 11) is 7.47. The second kappa shape index (κ2) is 8.40. The van der Waals surface area contributed by atoms with Gasteiger partial charge in [-0.2, -0.15) is 10.2 Å². The van der Waals surface area contributed by atoms with Crippen molar-refractivity contribution in [3.63, 3.8) is 0 Å². The van der Waals surface area contributed by atoms with Gasteiger partial charge in [-0.05, 0) is 44.1 Å². The lowest BCUT2D eigenvalue weighted by molar-refractivity contribution is 0.102. The molecule has 2 aromatic heterocycles. The van der Waals surface area contributed by atoms with Gasteiger partial charge in [0.15, 0.2) is 0 Å². The van der Waals surface area contributed by atoms with Gasteiger partial charge in [0.05, 0.1) is 23.9 Å². The molecule has 2 aromatic carbocycles. The molecule has 9 heteroatoms. The van der Waals surface area contributed by atoms with Crippen molar-refractivity contribution in [1.29, 1.82) is 0 Å². The molecular formula is C24H29N7O2. The molecule has 5 rings (SSSR count).